The molecule has 8 heteroatoms. The molecule has 0 saturated carbocycles. The fourth-order valence-corrected chi connectivity index (χ4v) is 5.31. The van der Waals surface area contributed by atoms with Gasteiger partial charge < -0.3 is 5.11 Å². The van der Waals surface area contributed by atoms with Gasteiger partial charge in [0.2, 0.25) is 0 Å². The highest BCUT2D eigenvalue weighted by molar-refractivity contribution is 7.91. The Kier molecular flexibility index (Phi) is 4.50. The van der Waals surface area contributed by atoms with Gasteiger partial charge in [-0.25, -0.2) is 8.42 Å². The Labute approximate surface area is 120 Å². The quantitative estimate of drug-likeness (QED) is 0.902. The van der Waals surface area contributed by atoms with E-state index in [1.54, 1.807) is 6.07 Å². The summed E-state index contributed by atoms with van der Waals surface area (Å²) < 4.78 is 26.7. The first-order valence-electron chi connectivity index (χ1n) is 5.87. The highest BCUT2D eigenvalue weighted by atomic mass is 35.5. The molecule has 5 nitrogen and oxygen atoms in total. The van der Waals surface area contributed by atoms with Crippen LogP contribution in [0, 0.1) is 5.92 Å². The SMILES string of the molecule is O=C(O)CCC1CCN(S(=O)(=O)c2ccc(Cl)s2)C1. The van der Waals surface area contributed by atoms with Crippen LogP contribution in [0.3, 0.4) is 0 Å². The molecule has 1 aliphatic heterocycles. The molecule has 0 spiro atoms. The number of hydrogen-bond donors (Lipinski definition) is 1. The Morgan fingerprint density at radius 1 is 1.53 bits per heavy atom. The second-order valence-electron chi connectivity index (χ2n) is 4.51. The van der Waals surface area contributed by atoms with E-state index >= 15 is 0 Å². The number of halogens is 1. The number of thiophene rings is 1. The summed E-state index contributed by atoms with van der Waals surface area (Å²) in [6.45, 7) is 0.841. The molecule has 1 saturated heterocycles. The van der Waals surface area contributed by atoms with Gasteiger partial charge in [0.05, 0.1) is 4.34 Å². The second-order valence-corrected chi connectivity index (χ2v) is 8.39. The Balaban J connectivity index is 2.02. The number of carboxylic acids is 1. The molecule has 0 aromatic carbocycles. The number of hydrogen-bond acceptors (Lipinski definition) is 4. The largest absolute Gasteiger partial charge is 0.481 e. The van der Waals surface area contributed by atoms with E-state index in [-0.39, 0.29) is 16.5 Å². The van der Waals surface area contributed by atoms with Gasteiger partial charge in [0.25, 0.3) is 10.0 Å². The molecule has 1 unspecified atom stereocenters. The van der Waals surface area contributed by atoms with Crippen molar-refractivity contribution in [2.24, 2.45) is 5.92 Å². The van der Waals surface area contributed by atoms with Gasteiger partial charge in [-0.3, -0.25) is 4.79 Å². The summed E-state index contributed by atoms with van der Waals surface area (Å²) in [5.41, 5.74) is 0. The van der Waals surface area contributed by atoms with Crippen molar-refractivity contribution < 1.29 is 18.3 Å². The minimum atomic E-state index is -3.47. The molecule has 1 atom stereocenters. The molecule has 0 aliphatic carbocycles. The Hall–Kier alpha value is -0.630. The summed E-state index contributed by atoms with van der Waals surface area (Å²) >= 11 is 6.80. The van der Waals surface area contributed by atoms with Gasteiger partial charge in [0.1, 0.15) is 4.21 Å². The second kappa shape index (κ2) is 5.78. The van der Waals surface area contributed by atoms with Gasteiger partial charge in [-0.1, -0.05) is 11.6 Å². The van der Waals surface area contributed by atoms with E-state index in [0.717, 1.165) is 11.3 Å². The monoisotopic (exact) mass is 323 g/mol. The van der Waals surface area contributed by atoms with Crippen molar-refractivity contribution in [3.8, 4) is 0 Å². The maximum Gasteiger partial charge on any atom is 0.303 e. The van der Waals surface area contributed by atoms with Crippen molar-refractivity contribution in [1.29, 1.82) is 0 Å². The maximum absolute atomic E-state index is 12.3. The third kappa shape index (κ3) is 3.47. The molecule has 0 radical (unpaired) electrons. The predicted octanol–water partition coefficient (Wildman–Crippen LogP) is 2.28. The first kappa shape index (κ1) is 14.8. The molecule has 1 fully saturated rings. The van der Waals surface area contributed by atoms with E-state index in [2.05, 4.69) is 0 Å². The predicted molar refractivity (Wildman–Crippen MR) is 73.1 cm³/mol. The van der Waals surface area contributed by atoms with Gasteiger partial charge in [-0.05, 0) is 30.9 Å². The maximum atomic E-state index is 12.3. The molecule has 19 heavy (non-hydrogen) atoms. The molecule has 2 rings (SSSR count). The van der Waals surface area contributed by atoms with Crippen LogP contribution in [-0.2, 0) is 14.8 Å². The number of aliphatic carboxylic acids is 1. The zero-order valence-electron chi connectivity index (χ0n) is 10.1. The highest BCUT2D eigenvalue weighted by Gasteiger charge is 2.33. The third-order valence-corrected chi connectivity index (χ3v) is 6.72. The van der Waals surface area contributed by atoms with Crippen molar-refractivity contribution in [1.82, 2.24) is 4.31 Å². The molecular formula is C11H14ClNO4S2. The molecule has 0 amide bonds. The lowest BCUT2D eigenvalue weighted by atomic mass is 10.0. The molecule has 1 aliphatic rings. The highest BCUT2D eigenvalue weighted by Crippen LogP contribution is 2.31. The lowest BCUT2D eigenvalue weighted by Gasteiger charge is -2.15. The topological polar surface area (TPSA) is 74.7 Å². The van der Waals surface area contributed by atoms with E-state index in [1.807, 2.05) is 0 Å². The molecule has 1 N–H and O–H groups in total. The molecule has 2 heterocycles. The number of nitrogens with zero attached hydrogens (tertiary/aromatic N) is 1. The lowest BCUT2D eigenvalue weighted by Crippen LogP contribution is -2.28. The number of sulfonamides is 1. The first-order chi connectivity index (χ1) is 8.89. The summed E-state index contributed by atoms with van der Waals surface area (Å²) in [6.07, 6.45) is 1.32. The van der Waals surface area contributed by atoms with Crippen molar-refractivity contribution in [2.45, 2.75) is 23.5 Å². The normalized spacial score (nSPS) is 20.8. The molecule has 1 aromatic heterocycles. The number of carbonyl (C=O) groups is 1. The minimum Gasteiger partial charge on any atom is -0.481 e. The number of carboxylic acid groups (broad SMARTS) is 1. The van der Waals surface area contributed by atoms with Crippen molar-refractivity contribution in [3.05, 3.63) is 16.5 Å². The van der Waals surface area contributed by atoms with Crippen molar-refractivity contribution in [3.63, 3.8) is 0 Å². The molecule has 106 valence electrons. The van der Waals surface area contributed by atoms with E-state index < -0.39 is 16.0 Å². The van der Waals surface area contributed by atoms with Crippen LogP contribution in [0.15, 0.2) is 16.3 Å². The summed E-state index contributed by atoms with van der Waals surface area (Å²) in [4.78, 5) is 10.5. The zero-order chi connectivity index (χ0) is 14.0. The summed E-state index contributed by atoms with van der Waals surface area (Å²) in [7, 11) is -3.47. The summed E-state index contributed by atoms with van der Waals surface area (Å²) in [6, 6.07) is 3.07. The fraction of sp³-hybridized carbons (Fsp3) is 0.545. The lowest BCUT2D eigenvalue weighted by molar-refractivity contribution is -0.137. The third-order valence-electron chi connectivity index (χ3n) is 3.16. The fourth-order valence-electron chi connectivity index (χ4n) is 2.14. The summed E-state index contributed by atoms with van der Waals surface area (Å²) in [5, 5.41) is 8.64. The average Bonchev–Trinajstić information content (AvgIpc) is 2.95. The summed E-state index contributed by atoms with van der Waals surface area (Å²) in [5.74, 6) is -0.715. The van der Waals surface area contributed by atoms with Gasteiger partial charge in [-0.2, -0.15) is 4.31 Å². The van der Waals surface area contributed by atoms with Crippen LogP contribution in [0.5, 0.6) is 0 Å². The van der Waals surface area contributed by atoms with Gasteiger partial charge in [0, 0.05) is 19.5 Å². The van der Waals surface area contributed by atoms with Crippen LogP contribution in [0.25, 0.3) is 0 Å². The van der Waals surface area contributed by atoms with Crippen molar-refractivity contribution >= 4 is 38.9 Å². The minimum absolute atomic E-state index is 0.0867. The smallest absolute Gasteiger partial charge is 0.303 e. The van der Waals surface area contributed by atoms with Gasteiger partial charge in [0.15, 0.2) is 0 Å². The molecule has 1 aromatic rings. The van der Waals surface area contributed by atoms with Crippen LogP contribution >= 0.6 is 22.9 Å². The first-order valence-corrected chi connectivity index (χ1v) is 8.50. The van der Waals surface area contributed by atoms with E-state index in [1.165, 1.54) is 10.4 Å². The Bertz CT molecular complexity index is 569. The van der Waals surface area contributed by atoms with E-state index in [0.29, 0.717) is 30.3 Å². The molecular weight excluding hydrogens is 310 g/mol. The van der Waals surface area contributed by atoms with E-state index in [4.69, 9.17) is 16.7 Å². The Morgan fingerprint density at radius 3 is 2.84 bits per heavy atom. The van der Waals surface area contributed by atoms with Crippen LogP contribution < -0.4 is 0 Å². The number of rotatable bonds is 5. The van der Waals surface area contributed by atoms with Crippen molar-refractivity contribution in [2.75, 3.05) is 13.1 Å². The van der Waals surface area contributed by atoms with Crippen LogP contribution in [0.4, 0.5) is 0 Å². The van der Waals surface area contributed by atoms with Crippen LogP contribution in [-0.4, -0.2) is 36.9 Å². The average molecular weight is 324 g/mol. The zero-order valence-corrected chi connectivity index (χ0v) is 12.5. The van der Waals surface area contributed by atoms with Crippen LogP contribution in [0.1, 0.15) is 19.3 Å². The van der Waals surface area contributed by atoms with Gasteiger partial charge in [-0.15, -0.1) is 11.3 Å². The Morgan fingerprint density at radius 2 is 2.26 bits per heavy atom. The van der Waals surface area contributed by atoms with Crippen LogP contribution in [0.2, 0.25) is 4.34 Å². The standard InChI is InChI=1S/C11H14ClNO4S2/c12-9-2-4-11(18-9)19(16,17)13-6-5-8(7-13)1-3-10(14)15/h2,4,8H,1,3,5-7H2,(H,14,15). The van der Waals surface area contributed by atoms with E-state index in [9.17, 15) is 13.2 Å². The van der Waals surface area contributed by atoms with Gasteiger partial charge >= 0.3 is 5.97 Å². The molecule has 0 bridgehead atoms.